The third-order valence-corrected chi connectivity index (χ3v) is 3.32. The number of nitrogens with one attached hydrogen (secondary N) is 1. The Hall–Kier alpha value is -1.50. The summed E-state index contributed by atoms with van der Waals surface area (Å²) in [5.74, 6) is -4.57. The standard InChI is InChI=1S/C11H8BrF2NO3/c12-6-2-8(14)9(3-7(6)13)15-10(16)4-1-5(4)11(17)18/h2-5H,1H2,(H,15,16)(H,17,18)/t4-,5+/m1/s1. The minimum atomic E-state index is -1.06. The minimum Gasteiger partial charge on any atom is -0.481 e. The first-order valence-electron chi connectivity index (χ1n) is 5.08. The smallest absolute Gasteiger partial charge is 0.307 e. The van der Waals surface area contributed by atoms with Gasteiger partial charge in [0.05, 0.1) is 22.0 Å². The molecule has 0 saturated heterocycles. The molecule has 1 aromatic carbocycles. The second kappa shape index (κ2) is 4.64. The summed E-state index contributed by atoms with van der Waals surface area (Å²) in [6.07, 6.45) is 0.224. The third-order valence-electron chi connectivity index (χ3n) is 2.71. The summed E-state index contributed by atoms with van der Waals surface area (Å²) in [5, 5.41) is 10.8. The van der Waals surface area contributed by atoms with E-state index in [1.54, 1.807) is 0 Å². The van der Waals surface area contributed by atoms with Crippen molar-refractivity contribution >= 4 is 33.5 Å². The molecular weight excluding hydrogens is 312 g/mol. The van der Waals surface area contributed by atoms with E-state index in [-0.39, 0.29) is 16.6 Å². The molecule has 0 heterocycles. The van der Waals surface area contributed by atoms with Crippen molar-refractivity contribution in [3.8, 4) is 0 Å². The Kier molecular flexibility index (Phi) is 3.34. The molecule has 1 aromatic rings. The van der Waals surface area contributed by atoms with E-state index < -0.39 is 35.3 Å². The molecule has 0 aliphatic heterocycles. The molecular formula is C11H8BrF2NO3. The Balaban J connectivity index is 2.09. The lowest BCUT2D eigenvalue weighted by Gasteiger charge is -2.06. The van der Waals surface area contributed by atoms with Crippen molar-refractivity contribution in [2.45, 2.75) is 6.42 Å². The molecule has 4 nitrogen and oxygen atoms in total. The van der Waals surface area contributed by atoms with Crippen LogP contribution < -0.4 is 5.32 Å². The SMILES string of the molecule is O=C(O)[C@H]1C[C@H]1C(=O)Nc1cc(F)c(Br)cc1F. The second-order valence-corrected chi connectivity index (χ2v) is 4.88. The van der Waals surface area contributed by atoms with Gasteiger partial charge in [-0.15, -0.1) is 0 Å². The van der Waals surface area contributed by atoms with Gasteiger partial charge in [0, 0.05) is 6.07 Å². The van der Waals surface area contributed by atoms with E-state index in [9.17, 15) is 18.4 Å². The molecule has 0 aromatic heterocycles. The van der Waals surface area contributed by atoms with Crippen molar-refractivity contribution in [3.05, 3.63) is 28.2 Å². The van der Waals surface area contributed by atoms with Gasteiger partial charge in [-0.05, 0) is 28.4 Å². The monoisotopic (exact) mass is 319 g/mol. The lowest BCUT2D eigenvalue weighted by atomic mass is 10.2. The van der Waals surface area contributed by atoms with Crippen molar-refractivity contribution < 1.29 is 23.5 Å². The predicted molar refractivity (Wildman–Crippen MR) is 61.9 cm³/mol. The zero-order valence-electron chi connectivity index (χ0n) is 8.91. The highest BCUT2D eigenvalue weighted by Gasteiger charge is 2.48. The first-order chi connectivity index (χ1) is 8.40. The number of amides is 1. The summed E-state index contributed by atoms with van der Waals surface area (Å²) in [6, 6.07) is 1.74. The molecule has 1 amide bonds. The van der Waals surface area contributed by atoms with Crippen LogP contribution in [0.3, 0.4) is 0 Å². The number of aliphatic carboxylic acids is 1. The Morgan fingerprint density at radius 3 is 2.50 bits per heavy atom. The van der Waals surface area contributed by atoms with Gasteiger partial charge in [-0.1, -0.05) is 0 Å². The van der Waals surface area contributed by atoms with Crippen molar-refractivity contribution in [3.63, 3.8) is 0 Å². The molecule has 0 bridgehead atoms. The lowest BCUT2D eigenvalue weighted by Crippen LogP contribution is -2.17. The largest absolute Gasteiger partial charge is 0.481 e. The number of carbonyl (C=O) groups is 2. The molecule has 1 aliphatic rings. The summed E-state index contributed by atoms with van der Waals surface area (Å²) in [7, 11) is 0. The van der Waals surface area contributed by atoms with Crippen LogP contribution in [0.2, 0.25) is 0 Å². The summed E-state index contributed by atoms with van der Waals surface area (Å²) in [5.41, 5.74) is -0.295. The van der Waals surface area contributed by atoms with Gasteiger partial charge in [0.2, 0.25) is 5.91 Å². The number of carboxylic acids is 1. The highest BCUT2D eigenvalue weighted by Crippen LogP contribution is 2.39. The van der Waals surface area contributed by atoms with E-state index in [1.807, 2.05) is 0 Å². The summed E-state index contributed by atoms with van der Waals surface area (Å²) in [4.78, 5) is 22.1. The van der Waals surface area contributed by atoms with Crippen LogP contribution in [0.1, 0.15) is 6.42 Å². The van der Waals surface area contributed by atoms with Crippen LogP contribution >= 0.6 is 15.9 Å². The van der Waals surface area contributed by atoms with Gasteiger partial charge in [0.15, 0.2) is 0 Å². The Bertz CT molecular complexity index is 535. The topological polar surface area (TPSA) is 66.4 Å². The zero-order valence-corrected chi connectivity index (χ0v) is 10.5. The van der Waals surface area contributed by atoms with E-state index in [4.69, 9.17) is 5.11 Å². The van der Waals surface area contributed by atoms with Crippen molar-refractivity contribution in [1.29, 1.82) is 0 Å². The van der Waals surface area contributed by atoms with Crippen LogP contribution in [0, 0.1) is 23.5 Å². The van der Waals surface area contributed by atoms with E-state index in [2.05, 4.69) is 21.2 Å². The molecule has 0 radical (unpaired) electrons. The highest BCUT2D eigenvalue weighted by atomic mass is 79.9. The second-order valence-electron chi connectivity index (χ2n) is 4.02. The summed E-state index contributed by atoms with van der Waals surface area (Å²) < 4.78 is 26.5. The number of hydrogen-bond acceptors (Lipinski definition) is 2. The van der Waals surface area contributed by atoms with Gasteiger partial charge in [-0.3, -0.25) is 9.59 Å². The molecule has 0 spiro atoms. The van der Waals surface area contributed by atoms with Gasteiger partial charge in [0.1, 0.15) is 11.6 Å². The van der Waals surface area contributed by atoms with Crippen LogP contribution in [-0.2, 0) is 9.59 Å². The predicted octanol–water partition coefficient (Wildman–Crippen LogP) is 2.39. The van der Waals surface area contributed by atoms with Gasteiger partial charge in [-0.2, -0.15) is 0 Å². The number of carboxylic acid groups (broad SMARTS) is 1. The Morgan fingerprint density at radius 2 is 1.94 bits per heavy atom. The molecule has 2 rings (SSSR count). The van der Waals surface area contributed by atoms with E-state index in [1.165, 1.54) is 0 Å². The average Bonchev–Trinajstić information content (AvgIpc) is 3.05. The fourth-order valence-corrected chi connectivity index (χ4v) is 1.92. The summed E-state index contributed by atoms with van der Waals surface area (Å²) in [6.45, 7) is 0. The number of carbonyl (C=O) groups excluding carboxylic acids is 1. The summed E-state index contributed by atoms with van der Waals surface area (Å²) >= 11 is 2.81. The zero-order chi connectivity index (χ0) is 13.4. The first kappa shape index (κ1) is 12.9. The Labute approximate surface area is 109 Å². The lowest BCUT2D eigenvalue weighted by molar-refractivity contribution is -0.139. The highest BCUT2D eigenvalue weighted by molar-refractivity contribution is 9.10. The molecule has 1 saturated carbocycles. The maximum Gasteiger partial charge on any atom is 0.307 e. The number of anilines is 1. The van der Waals surface area contributed by atoms with Crippen LogP contribution in [0.15, 0.2) is 16.6 Å². The molecule has 2 N–H and O–H groups in total. The van der Waals surface area contributed by atoms with Crippen molar-refractivity contribution in [2.75, 3.05) is 5.32 Å². The number of hydrogen-bond donors (Lipinski definition) is 2. The van der Waals surface area contributed by atoms with Crippen molar-refractivity contribution in [1.82, 2.24) is 0 Å². The van der Waals surface area contributed by atoms with Crippen molar-refractivity contribution in [2.24, 2.45) is 11.8 Å². The molecule has 7 heteroatoms. The quantitative estimate of drug-likeness (QED) is 0.841. The Morgan fingerprint density at radius 1 is 1.28 bits per heavy atom. The third kappa shape index (κ3) is 2.50. The molecule has 1 fully saturated rings. The van der Waals surface area contributed by atoms with Crippen LogP contribution in [0.25, 0.3) is 0 Å². The average molecular weight is 320 g/mol. The van der Waals surface area contributed by atoms with Gasteiger partial charge in [0.25, 0.3) is 0 Å². The maximum absolute atomic E-state index is 13.4. The van der Waals surface area contributed by atoms with E-state index >= 15 is 0 Å². The fourth-order valence-electron chi connectivity index (χ4n) is 1.60. The van der Waals surface area contributed by atoms with Gasteiger partial charge < -0.3 is 10.4 Å². The van der Waals surface area contributed by atoms with Crippen LogP contribution in [-0.4, -0.2) is 17.0 Å². The van der Waals surface area contributed by atoms with E-state index in [0.717, 1.165) is 12.1 Å². The van der Waals surface area contributed by atoms with Gasteiger partial charge >= 0.3 is 5.97 Å². The maximum atomic E-state index is 13.4. The van der Waals surface area contributed by atoms with E-state index in [0.29, 0.717) is 0 Å². The normalized spacial score (nSPS) is 21.5. The molecule has 0 unspecified atom stereocenters. The van der Waals surface area contributed by atoms with Gasteiger partial charge in [-0.25, -0.2) is 8.78 Å². The van der Waals surface area contributed by atoms with Crippen LogP contribution in [0.5, 0.6) is 0 Å². The molecule has 18 heavy (non-hydrogen) atoms. The number of benzene rings is 1. The van der Waals surface area contributed by atoms with Crippen LogP contribution in [0.4, 0.5) is 14.5 Å². The molecule has 96 valence electrons. The number of rotatable bonds is 3. The molecule has 2 atom stereocenters. The first-order valence-corrected chi connectivity index (χ1v) is 5.87. The number of halogens is 3. The molecule has 1 aliphatic carbocycles. The fraction of sp³-hybridized carbons (Fsp3) is 0.273. The minimum absolute atomic E-state index is 0.0483.